The number of nitrogens with zero attached hydrogens (tertiary/aromatic N) is 3. The molecule has 0 aromatic carbocycles. The molecule has 0 aliphatic carbocycles. The molecule has 0 bridgehead atoms. The second-order valence-electron chi connectivity index (χ2n) is 5.39. The predicted octanol–water partition coefficient (Wildman–Crippen LogP) is 6.94. The molecule has 2 heterocycles. The monoisotopic (exact) mass is 335 g/mol. The van der Waals surface area contributed by atoms with Crippen LogP contribution in [0.4, 0.5) is 0 Å². The van der Waals surface area contributed by atoms with Crippen LogP contribution in [0.15, 0.2) is 55.4 Å². The zero-order valence-electron chi connectivity index (χ0n) is 17.7. The zero-order valence-corrected chi connectivity index (χ0v) is 17.7. The van der Waals surface area contributed by atoms with Gasteiger partial charge in [-0.05, 0) is 30.0 Å². The molecule has 2 rings (SSSR count). The quantitative estimate of drug-likeness (QED) is 0.523. The molecule has 2 aromatic heterocycles. The van der Waals surface area contributed by atoms with Crippen molar-refractivity contribution in [1.29, 1.82) is 0 Å². The first-order chi connectivity index (χ1) is 11.5. The molecule has 0 spiro atoms. The number of hydrogen-bond acceptors (Lipinski definition) is 3. The van der Waals surface area contributed by atoms with Gasteiger partial charge in [-0.25, -0.2) is 9.97 Å². The maximum atomic E-state index is 3.78. The zero-order chi connectivity index (χ0) is 19.6. The maximum Gasteiger partial charge on any atom is 0.115 e. The van der Waals surface area contributed by atoms with E-state index in [0.717, 1.165) is 11.8 Å². The van der Waals surface area contributed by atoms with Crippen molar-refractivity contribution in [2.75, 3.05) is 0 Å². The molecule has 0 amide bonds. The average molecular weight is 336 g/mol. The van der Waals surface area contributed by atoms with Crippen LogP contribution in [0, 0.1) is 11.8 Å². The van der Waals surface area contributed by atoms with Gasteiger partial charge in [0.05, 0.1) is 0 Å². The van der Waals surface area contributed by atoms with Crippen LogP contribution in [0.2, 0.25) is 0 Å². The van der Waals surface area contributed by atoms with E-state index in [1.807, 2.05) is 45.9 Å². The molecule has 0 radical (unpaired) electrons. The first kappa shape index (κ1) is 30.1. The Morgan fingerprint density at radius 2 is 0.750 bits per heavy atom. The summed E-state index contributed by atoms with van der Waals surface area (Å²) in [5.41, 5.74) is 0. The highest BCUT2D eigenvalue weighted by Gasteiger charge is 1.68. The molecule has 0 saturated carbocycles. The fourth-order valence-corrected chi connectivity index (χ4v) is 0.566. The highest BCUT2D eigenvalue weighted by molar-refractivity contribution is 4.88. The highest BCUT2D eigenvalue weighted by Crippen LogP contribution is 1.81. The van der Waals surface area contributed by atoms with Crippen molar-refractivity contribution in [2.45, 2.75) is 69.2 Å². The first-order valence-electron chi connectivity index (χ1n) is 9.01. The Hall–Kier alpha value is -1.77. The van der Waals surface area contributed by atoms with Gasteiger partial charge in [0.1, 0.15) is 6.33 Å². The summed E-state index contributed by atoms with van der Waals surface area (Å²) >= 11 is 0. The summed E-state index contributed by atoms with van der Waals surface area (Å²) in [5, 5.41) is 0. The van der Waals surface area contributed by atoms with Gasteiger partial charge in [0.2, 0.25) is 0 Å². The smallest absolute Gasteiger partial charge is 0.115 e. The van der Waals surface area contributed by atoms with Crippen LogP contribution < -0.4 is 0 Å². The van der Waals surface area contributed by atoms with Crippen molar-refractivity contribution in [3.63, 3.8) is 0 Å². The Morgan fingerprint density at radius 3 is 0.833 bits per heavy atom. The van der Waals surface area contributed by atoms with E-state index in [1.165, 1.54) is 6.33 Å². The summed E-state index contributed by atoms with van der Waals surface area (Å²) in [4.78, 5) is 11.1. The summed E-state index contributed by atoms with van der Waals surface area (Å²) in [6.07, 6.45) is 8.38. The lowest BCUT2D eigenvalue weighted by molar-refractivity contribution is 0.736. The molecule has 0 N–H and O–H groups in total. The maximum absolute atomic E-state index is 3.78. The fraction of sp³-hybridized carbons (Fsp3) is 0.571. The molecule has 0 atom stereocenters. The molecule has 0 saturated heterocycles. The van der Waals surface area contributed by atoms with E-state index in [0.29, 0.717) is 0 Å². The molecule has 0 unspecified atom stereocenters. The second-order valence-corrected chi connectivity index (χ2v) is 5.39. The van der Waals surface area contributed by atoms with Gasteiger partial charge < -0.3 is 0 Å². The Morgan fingerprint density at radius 1 is 0.458 bits per heavy atom. The molecule has 3 heteroatoms. The van der Waals surface area contributed by atoms with Gasteiger partial charge in [0, 0.05) is 24.8 Å². The standard InChI is InChI=1S/C5H5N.C4H4N2.2C4H10.2C2H6/c1-2-4-6-5-3-1;1-2-5-4-6-3-1;2*1-4(2)3;2*1-2/h1-5H;1-4H;2*4H,1-3H3;2*1-2H3. The summed E-state index contributed by atoms with van der Waals surface area (Å²) in [5.74, 6) is 1.67. The fourth-order valence-electron chi connectivity index (χ4n) is 0.566. The normalized spacial score (nSPS) is 7.50. The van der Waals surface area contributed by atoms with Gasteiger partial charge in [0.25, 0.3) is 0 Å². The number of rotatable bonds is 0. The van der Waals surface area contributed by atoms with E-state index < -0.39 is 0 Å². The number of hydrogen-bond donors (Lipinski definition) is 0. The topological polar surface area (TPSA) is 38.7 Å². The third kappa shape index (κ3) is 71.5. The summed E-state index contributed by atoms with van der Waals surface area (Å²) < 4.78 is 0. The molecule has 3 nitrogen and oxygen atoms in total. The van der Waals surface area contributed by atoms with Gasteiger partial charge in [-0.2, -0.15) is 0 Å². The van der Waals surface area contributed by atoms with Crippen LogP contribution in [-0.2, 0) is 0 Å². The molecule has 140 valence electrons. The van der Waals surface area contributed by atoms with E-state index >= 15 is 0 Å². The van der Waals surface area contributed by atoms with E-state index in [9.17, 15) is 0 Å². The third-order valence-corrected chi connectivity index (χ3v) is 1.04. The van der Waals surface area contributed by atoms with Crippen LogP contribution in [0.3, 0.4) is 0 Å². The molecule has 2 aromatic rings. The van der Waals surface area contributed by atoms with Gasteiger partial charge >= 0.3 is 0 Å². The molecular weight excluding hydrogens is 294 g/mol. The van der Waals surface area contributed by atoms with Crippen LogP contribution in [0.1, 0.15) is 69.2 Å². The molecule has 0 fully saturated rings. The lowest BCUT2D eigenvalue weighted by Crippen LogP contribution is -1.66. The van der Waals surface area contributed by atoms with Crippen molar-refractivity contribution in [3.8, 4) is 0 Å². The Labute approximate surface area is 152 Å². The van der Waals surface area contributed by atoms with Gasteiger partial charge in [-0.3, -0.25) is 4.98 Å². The van der Waals surface area contributed by atoms with Crippen molar-refractivity contribution >= 4 is 0 Å². The van der Waals surface area contributed by atoms with Crippen LogP contribution in [-0.4, -0.2) is 15.0 Å². The lowest BCUT2D eigenvalue weighted by atomic mass is 10.3. The van der Waals surface area contributed by atoms with Gasteiger partial charge in [-0.15, -0.1) is 0 Å². The van der Waals surface area contributed by atoms with Gasteiger partial charge in [-0.1, -0.05) is 75.3 Å². The van der Waals surface area contributed by atoms with Gasteiger partial charge in [0.15, 0.2) is 0 Å². The highest BCUT2D eigenvalue weighted by atomic mass is 14.8. The van der Waals surface area contributed by atoms with Crippen molar-refractivity contribution in [3.05, 3.63) is 55.4 Å². The van der Waals surface area contributed by atoms with E-state index in [4.69, 9.17) is 0 Å². The van der Waals surface area contributed by atoms with Crippen LogP contribution in [0.5, 0.6) is 0 Å². The Kier molecular flexibility index (Phi) is 41.4. The Bertz CT molecular complexity index is 252. The summed E-state index contributed by atoms with van der Waals surface area (Å²) in [6.45, 7) is 21.0. The minimum absolute atomic E-state index is 0.833. The van der Waals surface area contributed by atoms with Crippen LogP contribution in [0.25, 0.3) is 0 Å². The van der Waals surface area contributed by atoms with Crippen LogP contribution >= 0.6 is 0 Å². The van der Waals surface area contributed by atoms with E-state index in [-0.39, 0.29) is 0 Å². The molecule has 24 heavy (non-hydrogen) atoms. The minimum Gasteiger partial charge on any atom is -0.265 e. The number of aromatic nitrogens is 3. The molecule has 0 aliphatic rings. The van der Waals surface area contributed by atoms with Crippen molar-refractivity contribution in [1.82, 2.24) is 15.0 Å². The summed E-state index contributed by atoms with van der Waals surface area (Å²) in [7, 11) is 0. The molecule has 0 aliphatic heterocycles. The van der Waals surface area contributed by atoms with Crippen molar-refractivity contribution < 1.29 is 0 Å². The molecular formula is C21H41N3. The van der Waals surface area contributed by atoms with Crippen molar-refractivity contribution in [2.24, 2.45) is 11.8 Å². The van der Waals surface area contributed by atoms with E-state index in [1.54, 1.807) is 30.9 Å². The SMILES string of the molecule is CC.CC.CC(C)C.CC(C)C.c1ccncc1.c1cncnc1. The largest absolute Gasteiger partial charge is 0.265 e. The summed E-state index contributed by atoms with van der Waals surface area (Å²) in [6, 6.07) is 7.49. The van der Waals surface area contributed by atoms with E-state index in [2.05, 4.69) is 56.5 Å². The Balaban J connectivity index is -0.000000106. The average Bonchev–Trinajstić information content (AvgIpc) is 2.61. The number of pyridine rings is 1. The predicted molar refractivity (Wildman–Crippen MR) is 110 cm³/mol. The minimum atomic E-state index is 0.833. The second kappa shape index (κ2) is 33.0. The third-order valence-electron chi connectivity index (χ3n) is 1.04. The lowest BCUT2D eigenvalue weighted by Gasteiger charge is -1.79. The first-order valence-corrected chi connectivity index (χ1v) is 9.01.